The summed E-state index contributed by atoms with van der Waals surface area (Å²) >= 11 is 0. The maximum atomic E-state index is 14.7. The molecule has 10 heteroatoms. The van der Waals surface area contributed by atoms with Crippen LogP contribution < -0.4 is 9.80 Å². The van der Waals surface area contributed by atoms with Gasteiger partial charge in [-0.25, -0.2) is 27.6 Å². The van der Waals surface area contributed by atoms with Crippen molar-refractivity contribution in [3.63, 3.8) is 0 Å². The van der Waals surface area contributed by atoms with Gasteiger partial charge in [0, 0.05) is 38.3 Å². The third-order valence-corrected chi connectivity index (χ3v) is 8.06. The zero-order valence-corrected chi connectivity index (χ0v) is 21.4. The lowest BCUT2D eigenvalue weighted by Crippen LogP contribution is -2.38. The lowest BCUT2D eigenvalue weighted by molar-refractivity contribution is 0.115. The van der Waals surface area contributed by atoms with Gasteiger partial charge in [0.25, 0.3) is 0 Å². The van der Waals surface area contributed by atoms with Crippen LogP contribution in [0.2, 0.25) is 0 Å². The van der Waals surface area contributed by atoms with Crippen LogP contribution in [0.1, 0.15) is 44.2 Å². The summed E-state index contributed by atoms with van der Waals surface area (Å²) in [7, 11) is -3.53. The van der Waals surface area contributed by atoms with Crippen LogP contribution in [0.25, 0.3) is 0 Å². The van der Waals surface area contributed by atoms with E-state index in [9.17, 15) is 17.6 Å². The van der Waals surface area contributed by atoms with E-state index in [1.54, 1.807) is 0 Å². The van der Waals surface area contributed by atoms with Crippen molar-refractivity contribution in [3.05, 3.63) is 41.5 Å². The van der Waals surface area contributed by atoms with Gasteiger partial charge in [-0.05, 0) is 60.8 Å². The molecule has 4 rings (SSSR count). The Bertz CT molecular complexity index is 1160. The molecule has 1 aromatic heterocycles. The lowest BCUT2D eigenvalue weighted by atomic mass is 9.86. The molecular formula is C25H33FN4O4S. The molecular weight excluding hydrogens is 471 g/mol. The number of nitrogens with zero attached hydrogens (tertiary/aromatic N) is 4. The van der Waals surface area contributed by atoms with E-state index in [0.717, 1.165) is 62.6 Å². The highest BCUT2D eigenvalue weighted by Gasteiger charge is 2.32. The Morgan fingerprint density at radius 2 is 1.89 bits per heavy atom. The highest BCUT2D eigenvalue weighted by atomic mass is 32.2. The van der Waals surface area contributed by atoms with Crippen molar-refractivity contribution in [3.8, 4) is 0 Å². The van der Waals surface area contributed by atoms with Gasteiger partial charge in [0.1, 0.15) is 5.82 Å². The minimum absolute atomic E-state index is 0.0776. The Hall–Kier alpha value is -2.75. The van der Waals surface area contributed by atoms with Gasteiger partial charge in [0.2, 0.25) is 5.95 Å². The number of ether oxygens (including phenoxy) is 1. The Kier molecular flexibility index (Phi) is 7.59. The number of piperidine rings is 1. The van der Waals surface area contributed by atoms with Gasteiger partial charge in [-0.3, -0.25) is 4.90 Å². The fraction of sp³-hybridized carbons (Fsp3) is 0.560. The van der Waals surface area contributed by atoms with E-state index in [4.69, 9.17) is 4.74 Å². The Morgan fingerprint density at radius 3 is 2.51 bits per heavy atom. The molecule has 0 bridgehead atoms. The molecule has 2 aliphatic rings. The Balaban J connectivity index is 1.29. The Morgan fingerprint density at radius 1 is 1.20 bits per heavy atom. The molecule has 1 amide bonds. The number of sulfone groups is 1. The van der Waals surface area contributed by atoms with E-state index in [0.29, 0.717) is 17.9 Å². The first-order chi connectivity index (χ1) is 16.7. The van der Waals surface area contributed by atoms with E-state index < -0.39 is 21.7 Å². The van der Waals surface area contributed by atoms with E-state index >= 15 is 0 Å². The van der Waals surface area contributed by atoms with Gasteiger partial charge in [0.15, 0.2) is 9.84 Å². The van der Waals surface area contributed by atoms with E-state index in [2.05, 4.69) is 28.7 Å². The highest BCUT2D eigenvalue weighted by molar-refractivity contribution is 7.90. The molecule has 3 heterocycles. The summed E-state index contributed by atoms with van der Waals surface area (Å²) in [5.41, 5.74) is 1.78. The van der Waals surface area contributed by atoms with Gasteiger partial charge in [-0.1, -0.05) is 20.3 Å². The van der Waals surface area contributed by atoms with Crippen molar-refractivity contribution in [1.82, 2.24) is 9.97 Å². The average molecular weight is 505 g/mol. The highest BCUT2D eigenvalue weighted by Crippen LogP contribution is 2.34. The molecule has 8 nitrogen and oxygen atoms in total. The van der Waals surface area contributed by atoms with Gasteiger partial charge >= 0.3 is 6.09 Å². The summed E-state index contributed by atoms with van der Waals surface area (Å²) in [6.45, 7) is 6.42. The quantitative estimate of drug-likeness (QED) is 0.562. The van der Waals surface area contributed by atoms with Crippen molar-refractivity contribution in [2.45, 2.75) is 50.8 Å². The number of aryl methyl sites for hydroxylation is 1. The number of hydrogen-bond donors (Lipinski definition) is 0. The van der Waals surface area contributed by atoms with Gasteiger partial charge < -0.3 is 9.64 Å². The molecule has 190 valence electrons. The van der Waals surface area contributed by atoms with E-state index in [-0.39, 0.29) is 29.7 Å². The van der Waals surface area contributed by atoms with Crippen LogP contribution in [0.5, 0.6) is 0 Å². The molecule has 0 N–H and O–H groups in total. The predicted octanol–water partition coefficient (Wildman–Crippen LogP) is 4.02. The molecule has 0 radical (unpaired) electrons. The van der Waals surface area contributed by atoms with E-state index in [1.807, 2.05) is 12.4 Å². The first-order valence-corrected chi connectivity index (χ1v) is 14.1. The second-order valence-corrected chi connectivity index (χ2v) is 11.6. The largest absolute Gasteiger partial charge is 0.449 e. The predicted molar refractivity (Wildman–Crippen MR) is 132 cm³/mol. The molecule has 1 fully saturated rings. The number of fused-ring (bicyclic) bond motifs is 1. The minimum atomic E-state index is -3.53. The van der Waals surface area contributed by atoms with Crippen LogP contribution in [0.4, 0.5) is 20.8 Å². The number of benzene rings is 1. The van der Waals surface area contributed by atoms with Crippen LogP contribution in [0.15, 0.2) is 29.4 Å². The second kappa shape index (κ2) is 10.5. The van der Waals surface area contributed by atoms with Crippen LogP contribution in [-0.2, 0) is 27.4 Å². The van der Waals surface area contributed by atoms with Crippen LogP contribution in [-0.4, -0.2) is 57.0 Å². The summed E-state index contributed by atoms with van der Waals surface area (Å²) in [5.74, 6) is 0.602. The van der Waals surface area contributed by atoms with Crippen LogP contribution >= 0.6 is 0 Å². The summed E-state index contributed by atoms with van der Waals surface area (Å²) in [4.78, 5) is 25.1. The minimum Gasteiger partial charge on any atom is -0.449 e. The normalized spacial score (nSPS) is 17.4. The molecule has 0 aliphatic carbocycles. The molecule has 35 heavy (non-hydrogen) atoms. The third kappa shape index (κ3) is 5.74. The van der Waals surface area contributed by atoms with Crippen molar-refractivity contribution in [2.75, 3.05) is 42.3 Å². The summed E-state index contributed by atoms with van der Waals surface area (Å²) in [6.07, 6.45) is 8.60. The second-order valence-electron chi connectivity index (χ2n) is 9.61. The molecule has 2 aliphatic heterocycles. The standard InChI is InChI=1S/C25H33FN4O4S/c1-4-5-18-14-27-24(28-15-18)29-9-6-19(7-10-29)17(2)16-34-25(31)30-11-8-20-12-21(35(3,32)33)13-22(26)23(20)30/h12-15,17,19H,4-11,16H2,1-3H3. The molecule has 1 saturated heterocycles. The van der Waals surface area contributed by atoms with Crippen molar-refractivity contribution in [2.24, 2.45) is 11.8 Å². The van der Waals surface area contributed by atoms with Gasteiger partial charge in [-0.2, -0.15) is 0 Å². The van der Waals surface area contributed by atoms with Crippen LogP contribution in [0.3, 0.4) is 0 Å². The maximum Gasteiger partial charge on any atom is 0.414 e. The van der Waals surface area contributed by atoms with Gasteiger partial charge in [-0.15, -0.1) is 0 Å². The average Bonchev–Trinajstić information content (AvgIpc) is 3.28. The summed E-state index contributed by atoms with van der Waals surface area (Å²) in [5, 5.41) is 0. The number of amides is 1. The van der Waals surface area contributed by atoms with E-state index in [1.165, 1.54) is 11.0 Å². The lowest BCUT2D eigenvalue weighted by Gasteiger charge is -2.34. The number of carbonyl (C=O) groups is 1. The fourth-order valence-electron chi connectivity index (χ4n) is 4.88. The smallest absolute Gasteiger partial charge is 0.414 e. The van der Waals surface area contributed by atoms with Crippen LogP contribution in [0, 0.1) is 17.7 Å². The molecule has 0 saturated carbocycles. The molecule has 0 spiro atoms. The number of rotatable bonds is 7. The summed E-state index contributed by atoms with van der Waals surface area (Å²) < 4.78 is 43.8. The topological polar surface area (TPSA) is 92.7 Å². The molecule has 2 aromatic rings. The van der Waals surface area contributed by atoms with Crippen molar-refractivity contribution >= 4 is 27.6 Å². The molecule has 1 aromatic carbocycles. The monoisotopic (exact) mass is 504 g/mol. The van der Waals surface area contributed by atoms with Crippen molar-refractivity contribution < 1.29 is 22.3 Å². The number of anilines is 2. The summed E-state index contributed by atoms with van der Waals surface area (Å²) in [6, 6.07) is 2.41. The molecule has 1 unspecified atom stereocenters. The number of carbonyl (C=O) groups excluding carboxylic acids is 1. The fourth-order valence-corrected chi connectivity index (χ4v) is 5.55. The Labute approximate surface area is 206 Å². The third-order valence-electron chi connectivity index (χ3n) is 6.97. The van der Waals surface area contributed by atoms with Crippen molar-refractivity contribution in [1.29, 1.82) is 0 Å². The van der Waals surface area contributed by atoms with Gasteiger partial charge in [0.05, 0.1) is 17.2 Å². The zero-order chi connectivity index (χ0) is 25.2. The number of aromatic nitrogens is 2. The number of halogens is 1. The zero-order valence-electron chi connectivity index (χ0n) is 20.5. The maximum absolute atomic E-state index is 14.7. The molecule has 1 atom stereocenters. The first-order valence-electron chi connectivity index (χ1n) is 12.2. The first kappa shape index (κ1) is 25.3. The number of hydrogen-bond acceptors (Lipinski definition) is 7. The SMILES string of the molecule is CCCc1cnc(N2CCC(C(C)COC(=O)N3CCc4cc(S(C)(=O)=O)cc(F)c43)CC2)nc1.